The molecule has 26 heavy (non-hydrogen) atoms. The predicted octanol–water partition coefficient (Wildman–Crippen LogP) is 4.67. The molecule has 0 aliphatic heterocycles. The van der Waals surface area contributed by atoms with E-state index in [1.165, 1.54) is 22.2 Å². The smallest absolute Gasteiger partial charge is 0.119 e. The molecule has 0 saturated carbocycles. The zero-order valence-electron chi connectivity index (χ0n) is 15.0. The number of methoxy groups -OCH3 is 1. The van der Waals surface area contributed by atoms with E-state index in [0.29, 0.717) is 0 Å². The Hall–Kier alpha value is -2.85. The molecule has 0 saturated heterocycles. The molecule has 2 aromatic heterocycles. The molecule has 0 atom stereocenters. The lowest BCUT2D eigenvalue weighted by molar-refractivity contribution is 0.415. The molecule has 0 unspecified atom stereocenters. The quantitative estimate of drug-likeness (QED) is 0.499. The summed E-state index contributed by atoms with van der Waals surface area (Å²) in [4.78, 5) is 8.14. The van der Waals surface area contributed by atoms with Crippen LogP contribution >= 0.6 is 0 Å². The molecule has 4 heteroatoms. The number of nitrogens with two attached hydrogens (primary N) is 1. The van der Waals surface area contributed by atoms with E-state index in [9.17, 15) is 0 Å². The van der Waals surface area contributed by atoms with E-state index in [1.54, 1.807) is 7.11 Å². The second-order valence-corrected chi connectivity index (χ2v) is 6.51. The molecule has 0 radical (unpaired) electrons. The van der Waals surface area contributed by atoms with E-state index in [0.717, 1.165) is 48.0 Å². The molecule has 4 aromatic rings. The average molecular weight is 345 g/mol. The van der Waals surface area contributed by atoms with Gasteiger partial charge in [0.15, 0.2) is 0 Å². The van der Waals surface area contributed by atoms with Crippen LogP contribution in [-0.2, 0) is 6.42 Å². The van der Waals surface area contributed by atoms with E-state index in [2.05, 4.69) is 46.4 Å². The Morgan fingerprint density at radius 2 is 1.96 bits per heavy atom. The van der Waals surface area contributed by atoms with Gasteiger partial charge >= 0.3 is 0 Å². The second kappa shape index (κ2) is 7.18. The van der Waals surface area contributed by atoms with E-state index >= 15 is 0 Å². The Bertz CT molecular complexity index is 1050. The van der Waals surface area contributed by atoms with Crippen molar-refractivity contribution in [1.29, 1.82) is 0 Å². The predicted molar refractivity (Wildman–Crippen MR) is 108 cm³/mol. The first-order valence-electron chi connectivity index (χ1n) is 9.04. The van der Waals surface area contributed by atoms with Crippen molar-refractivity contribution in [3.8, 4) is 17.0 Å². The van der Waals surface area contributed by atoms with Gasteiger partial charge in [-0.2, -0.15) is 0 Å². The van der Waals surface area contributed by atoms with E-state index in [1.807, 2.05) is 18.3 Å². The summed E-state index contributed by atoms with van der Waals surface area (Å²) >= 11 is 0. The van der Waals surface area contributed by atoms with Crippen LogP contribution in [-0.4, -0.2) is 23.6 Å². The largest absolute Gasteiger partial charge is 0.497 e. The van der Waals surface area contributed by atoms with Crippen LogP contribution in [0.25, 0.3) is 33.1 Å². The molecule has 0 fully saturated rings. The molecule has 0 spiro atoms. The number of aryl methyl sites for hydroxylation is 1. The van der Waals surface area contributed by atoms with Crippen molar-refractivity contribution >= 4 is 21.8 Å². The highest BCUT2D eigenvalue weighted by Crippen LogP contribution is 2.36. The highest BCUT2D eigenvalue weighted by atomic mass is 16.5. The van der Waals surface area contributed by atoms with E-state index in [-0.39, 0.29) is 0 Å². The van der Waals surface area contributed by atoms with Gasteiger partial charge in [0.05, 0.1) is 18.3 Å². The van der Waals surface area contributed by atoms with Gasteiger partial charge in [-0.3, -0.25) is 4.98 Å². The molecule has 0 amide bonds. The lowest BCUT2D eigenvalue weighted by Gasteiger charge is -2.08. The van der Waals surface area contributed by atoms with Crippen LogP contribution in [0.3, 0.4) is 0 Å². The van der Waals surface area contributed by atoms with E-state index < -0.39 is 0 Å². The van der Waals surface area contributed by atoms with Crippen LogP contribution in [0.4, 0.5) is 0 Å². The molecule has 3 N–H and O–H groups in total. The number of hydrogen-bond acceptors (Lipinski definition) is 3. The Balaban J connectivity index is 1.94. The monoisotopic (exact) mass is 345 g/mol. The van der Waals surface area contributed by atoms with Gasteiger partial charge in [0.25, 0.3) is 0 Å². The first kappa shape index (κ1) is 16.6. The minimum atomic E-state index is 0.721. The fraction of sp³-hybridized carbons (Fsp3) is 0.227. The van der Waals surface area contributed by atoms with Gasteiger partial charge in [0, 0.05) is 28.0 Å². The van der Waals surface area contributed by atoms with Gasteiger partial charge in [-0.25, -0.2) is 0 Å². The first-order chi connectivity index (χ1) is 12.8. The summed E-state index contributed by atoms with van der Waals surface area (Å²) in [6.45, 7) is 0.721. The summed E-state index contributed by atoms with van der Waals surface area (Å²) in [5.74, 6) is 0.878. The SMILES string of the molecule is COc1ccc2[nH]c(-c3cccc4ncccc34)c(CCCCN)c2c1. The molecule has 2 heterocycles. The third-order valence-corrected chi connectivity index (χ3v) is 4.91. The van der Waals surface area contributed by atoms with Gasteiger partial charge in [0.2, 0.25) is 0 Å². The van der Waals surface area contributed by atoms with Crippen molar-refractivity contribution < 1.29 is 4.74 Å². The van der Waals surface area contributed by atoms with Crippen LogP contribution in [0, 0.1) is 0 Å². The summed E-state index contributed by atoms with van der Waals surface area (Å²) in [7, 11) is 1.71. The van der Waals surface area contributed by atoms with Crippen LogP contribution in [0.5, 0.6) is 5.75 Å². The number of nitrogens with one attached hydrogen (secondary N) is 1. The fourth-order valence-electron chi connectivity index (χ4n) is 3.61. The average Bonchev–Trinajstić information content (AvgIpc) is 3.05. The number of rotatable bonds is 6. The first-order valence-corrected chi connectivity index (χ1v) is 9.04. The maximum absolute atomic E-state index is 5.71. The number of H-pyrrole nitrogens is 1. The lowest BCUT2D eigenvalue weighted by atomic mass is 9.97. The molecule has 0 aliphatic rings. The number of benzene rings is 2. The molecule has 2 aromatic carbocycles. The standard InChI is InChI=1S/C22H23N3O/c1-26-15-10-11-21-19(14-15)18(6-2-3-12-23)22(25-21)17-7-4-9-20-16(17)8-5-13-24-20/h4-5,7-11,13-14,25H,2-3,6,12,23H2,1H3. The molecule has 4 nitrogen and oxygen atoms in total. The zero-order valence-corrected chi connectivity index (χ0v) is 15.0. The summed E-state index contributed by atoms with van der Waals surface area (Å²) < 4.78 is 5.44. The van der Waals surface area contributed by atoms with Crippen LogP contribution in [0.15, 0.2) is 54.7 Å². The Morgan fingerprint density at radius 1 is 1.04 bits per heavy atom. The molecule has 4 rings (SSSR count). The molecular weight excluding hydrogens is 322 g/mol. The topological polar surface area (TPSA) is 63.9 Å². The number of hydrogen-bond donors (Lipinski definition) is 2. The highest BCUT2D eigenvalue weighted by Gasteiger charge is 2.15. The van der Waals surface area contributed by atoms with Crippen molar-refractivity contribution in [2.45, 2.75) is 19.3 Å². The van der Waals surface area contributed by atoms with Crippen molar-refractivity contribution in [1.82, 2.24) is 9.97 Å². The zero-order chi connectivity index (χ0) is 17.9. The van der Waals surface area contributed by atoms with E-state index in [4.69, 9.17) is 10.5 Å². The lowest BCUT2D eigenvalue weighted by Crippen LogP contribution is -1.99. The van der Waals surface area contributed by atoms with Crippen molar-refractivity contribution in [3.63, 3.8) is 0 Å². The Labute approximate surface area is 153 Å². The summed E-state index contributed by atoms with van der Waals surface area (Å²) in [6, 6.07) is 16.6. The third kappa shape index (κ3) is 2.93. The highest BCUT2D eigenvalue weighted by molar-refractivity contribution is 5.99. The van der Waals surface area contributed by atoms with Crippen LogP contribution < -0.4 is 10.5 Å². The van der Waals surface area contributed by atoms with Crippen LogP contribution in [0.2, 0.25) is 0 Å². The minimum Gasteiger partial charge on any atom is -0.497 e. The number of pyridine rings is 1. The van der Waals surface area contributed by atoms with Crippen molar-refractivity contribution in [2.75, 3.05) is 13.7 Å². The number of nitrogens with zero attached hydrogens (tertiary/aromatic N) is 1. The fourth-order valence-corrected chi connectivity index (χ4v) is 3.61. The maximum Gasteiger partial charge on any atom is 0.119 e. The number of aromatic amines is 1. The summed E-state index contributed by atoms with van der Waals surface area (Å²) in [6.07, 6.45) is 4.91. The molecule has 0 aliphatic carbocycles. The van der Waals surface area contributed by atoms with Gasteiger partial charge in [-0.05, 0) is 61.7 Å². The third-order valence-electron chi connectivity index (χ3n) is 4.91. The number of ether oxygens (including phenoxy) is 1. The van der Waals surface area contributed by atoms with Gasteiger partial charge in [0.1, 0.15) is 5.75 Å². The maximum atomic E-state index is 5.71. The second-order valence-electron chi connectivity index (χ2n) is 6.51. The molecule has 0 bridgehead atoms. The van der Waals surface area contributed by atoms with Crippen LogP contribution in [0.1, 0.15) is 18.4 Å². The molecule has 132 valence electrons. The number of fused-ring (bicyclic) bond motifs is 2. The van der Waals surface area contributed by atoms with Gasteiger partial charge < -0.3 is 15.5 Å². The number of unbranched alkanes of at least 4 members (excludes halogenated alkanes) is 1. The normalized spacial score (nSPS) is 11.3. The number of aromatic nitrogens is 2. The Kier molecular flexibility index (Phi) is 4.59. The van der Waals surface area contributed by atoms with Gasteiger partial charge in [-0.1, -0.05) is 18.2 Å². The summed E-state index contributed by atoms with van der Waals surface area (Å²) in [5.41, 5.74) is 11.5. The van der Waals surface area contributed by atoms with Crippen molar-refractivity contribution in [3.05, 3.63) is 60.3 Å². The minimum absolute atomic E-state index is 0.721. The van der Waals surface area contributed by atoms with Gasteiger partial charge in [-0.15, -0.1) is 0 Å². The Morgan fingerprint density at radius 3 is 2.81 bits per heavy atom. The van der Waals surface area contributed by atoms with Crippen molar-refractivity contribution in [2.24, 2.45) is 5.73 Å². The summed E-state index contributed by atoms with van der Waals surface area (Å²) in [5, 5.41) is 2.38. The molecular formula is C22H23N3O.